The number of benzene rings is 3. The number of nitrogen functional groups attached to an aromatic ring is 2. The number of anilines is 2. The number of nitrogens with two attached hydrogens (primary N) is 2. The number of hydrogen-bond acceptors (Lipinski definition) is 3. The van der Waals surface area contributed by atoms with E-state index in [0.29, 0.717) is 0 Å². The van der Waals surface area contributed by atoms with Crippen molar-refractivity contribution in [3.63, 3.8) is 0 Å². The fourth-order valence-electron chi connectivity index (χ4n) is 3.39. The van der Waals surface area contributed by atoms with E-state index in [2.05, 4.69) is 47.7 Å². The second kappa shape index (κ2) is 6.19. The van der Waals surface area contributed by atoms with Crippen LogP contribution in [0.3, 0.4) is 0 Å². The van der Waals surface area contributed by atoms with Crippen LogP contribution in [0.5, 0.6) is 0 Å². The second-order valence-corrected chi connectivity index (χ2v) is 7.19. The summed E-state index contributed by atoms with van der Waals surface area (Å²) in [5, 5.41) is 3.20. The molecule has 4 aromatic rings. The van der Waals surface area contributed by atoms with Gasteiger partial charge in [0, 0.05) is 31.3 Å². The molecule has 0 unspecified atom stereocenters. The third kappa shape index (κ3) is 2.52. The molecule has 0 aliphatic carbocycles. The standard InChI is InChI=1S/C21H18IN3/c1-2-12-11-16(24)19(22)18-14-9-6-10-15(23)17(14)21(25-20(12)18)13-7-4-3-5-8-13/h3-11H,2,23-24H2,1H3. The van der Waals surface area contributed by atoms with Gasteiger partial charge in [-0.1, -0.05) is 49.4 Å². The van der Waals surface area contributed by atoms with E-state index in [1.54, 1.807) is 0 Å². The fourth-order valence-corrected chi connectivity index (χ4v) is 4.09. The van der Waals surface area contributed by atoms with E-state index in [9.17, 15) is 0 Å². The van der Waals surface area contributed by atoms with Gasteiger partial charge in [-0.3, -0.25) is 0 Å². The summed E-state index contributed by atoms with van der Waals surface area (Å²) < 4.78 is 1.03. The van der Waals surface area contributed by atoms with Gasteiger partial charge in [0.1, 0.15) is 0 Å². The summed E-state index contributed by atoms with van der Waals surface area (Å²) in [5.41, 5.74) is 18.3. The minimum atomic E-state index is 0.738. The van der Waals surface area contributed by atoms with Gasteiger partial charge in [0.15, 0.2) is 0 Å². The first kappa shape index (κ1) is 16.1. The van der Waals surface area contributed by atoms with Gasteiger partial charge in [0.25, 0.3) is 0 Å². The van der Waals surface area contributed by atoms with E-state index in [-0.39, 0.29) is 0 Å². The molecule has 4 rings (SSSR count). The third-order valence-corrected chi connectivity index (χ3v) is 5.76. The first-order valence-electron chi connectivity index (χ1n) is 8.26. The summed E-state index contributed by atoms with van der Waals surface area (Å²) in [7, 11) is 0. The van der Waals surface area contributed by atoms with Crippen LogP contribution < -0.4 is 11.5 Å². The van der Waals surface area contributed by atoms with E-state index in [1.165, 1.54) is 0 Å². The zero-order chi connectivity index (χ0) is 17.6. The van der Waals surface area contributed by atoms with Crippen LogP contribution in [0.4, 0.5) is 11.4 Å². The van der Waals surface area contributed by atoms with Crippen LogP contribution in [-0.4, -0.2) is 4.98 Å². The van der Waals surface area contributed by atoms with Crippen molar-refractivity contribution in [1.82, 2.24) is 4.98 Å². The molecule has 1 aromatic heterocycles. The first-order chi connectivity index (χ1) is 12.1. The molecule has 0 fully saturated rings. The average Bonchev–Trinajstić information content (AvgIpc) is 2.64. The number of halogens is 1. The highest BCUT2D eigenvalue weighted by molar-refractivity contribution is 14.1. The van der Waals surface area contributed by atoms with Crippen molar-refractivity contribution in [3.05, 3.63) is 63.7 Å². The summed E-state index contributed by atoms with van der Waals surface area (Å²) in [6.07, 6.45) is 0.882. The highest BCUT2D eigenvalue weighted by atomic mass is 127. The normalized spacial score (nSPS) is 11.3. The molecule has 0 aliphatic heterocycles. The monoisotopic (exact) mass is 439 g/mol. The molecule has 0 spiro atoms. The van der Waals surface area contributed by atoms with Crippen LogP contribution in [0, 0.1) is 3.57 Å². The third-order valence-electron chi connectivity index (χ3n) is 4.60. The van der Waals surface area contributed by atoms with Crippen molar-refractivity contribution < 1.29 is 0 Å². The smallest absolute Gasteiger partial charge is 0.0808 e. The summed E-state index contributed by atoms with van der Waals surface area (Å²) in [4.78, 5) is 5.07. The molecule has 4 heteroatoms. The van der Waals surface area contributed by atoms with Crippen LogP contribution in [0.2, 0.25) is 0 Å². The van der Waals surface area contributed by atoms with Gasteiger partial charge in [-0.2, -0.15) is 0 Å². The predicted molar refractivity (Wildman–Crippen MR) is 116 cm³/mol. The molecule has 0 radical (unpaired) electrons. The second-order valence-electron chi connectivity index (χ2n) is 6.11. The van der Waals surface area contributed by atoms with Gasteiger partial charge in [0.2, 0.25) is 0 Å². The topological polar surface area (TPSA) is 64.9 Å². The Morgan fingerprint density at radius 1 is 0.920 bits per heavy atom. The van der Waals surface area contributed by atoms with Crippen LogP contribution in [0.25, 0.3) is 32.9 Å². The van der Waals surface area contributed by atoms with Gasteiger partial charge in [-0.25, -0.2) is 4.98 Å². The van der Waals surface area contributed by atoms with Crippen LogP contribution in [-0.2, 0) is 6.42 Å². The van der Waals surface area contributed by atoms with E-state index in [4.69, 9.17) is 16.5 Å². The molecule has 0 amide bonds. The molecule has 3 nitrogen and oxygen atoms in total. The molecule has 25 heavy (non-hydrogen) atoms. The maximum absolute atomic E-state index is 6.37. The lowest BCUT2D eigenvalue weighted by Gasteiger charge is -2.16. The Hall–Kier alpha value is -2.34. The molecule has 124 valence electrons. The van der Waals surface area contributed by atoms with Crippen LogP contribution >= 0.6 is 22.6 Å². The van der Waals surface area contributed by atoms with Gasteiger partial charge in [-0.15, -0.1) is 0 Å². The van der Waals surface area contributed by atoms with Crippen molar-refractivity contribution in [1.29, 1.82) is 0 Å². The maximum atomic E-state index is 6.37. The molecule has 0 saturated heterocycles. The number of aromatic nitrogens is 1. The molecule has 0 atom stereocenters. The zero-order valence-electron chi connectivity index (χ0n) is 13.9. The zero-order valence-corrected chi connectivity index (χ0v) is 16.0. The SMILES string of the molecule is CCc1cc(N)c(I)c2c1nc(-c1ccccc1)c1c(N)cccc12. The molecule has 4 N–H and O–H groups in total. The predicted octanol–water partition coefficient (Wildman–Crippen LogP) is 5.39. The quantitative estimate of drug-likeness (QED) is 0.250. The summed E-state index contributed by atoms with van der Waals surface area (Å²) in [6.45, 7) is 2.13. The number of nitrogens with zero attached hydrogens (tertiary/aromatic N) is 1. The largest absolute Gasteiger partial charge is 0.398 e. The Labute approximate surface area is 160 Å². The summed E-state index contributed by atoms with van der Waals surface area (Å²) in [6, 6.07) is 18.3. The molecule has 3 aromatic carbocycles. The Kier molecular flexibility index (Phi) is 4.00. The van der Waals surface area contributed by atoms with E-state index in [0.717, 1.165) is 59.9 Å². The summed E-state index contributed by atoms with van der Waals surface area (Å²) in [5.74, 6) is 0. The van der Waals surface area contributed by atoms with Crippen molar-refractivity contribution in [3.8, 4) is 11.3 Å². The minimum Gasteiger partial charge on any atom is -0.398 e. The van der Waals surface area contributed by atoms with Gasteiger partial charge in [-0.05, 0) is 52.1 Å². The van der Waals surface area contributed by atoms with Crippen molar-refractivity contribution in [2.24, 2.45) is 0 Å². The number of hydrogen-bond donors (Lipinski definition) is 2. The lowest BCUT2D eigenvalue weighted by molar-refractivity contribution is 1.15. The van der Waals surface area contributed by atoms with E-state index >= 15 is 0 Å². The molecule has 1 heterocycles. The first-order valence-corrected chi connectivity index (χ1v) is 9.34. The van der Waals surface area contributed by atoms with Crippen molar-refractivity contribution >= 4 is 55.6 Å². The van der Waals surface area contributed by atoms with Crippen molar-refractivity contribution in [2.45, 2.75) is 13.3 Å². The fraction of sp³-hybridized carbons (Fsp3) is 0.0952. The Morgan fingerprint density at radius 2 is 1.68 bits per heavy atom. The minimum absolute atomic E-state index is 0.738. The van der Waals surface area contributed by atoms with Crippen molar-refractivity contribution in [2.75, 3.05) is 11.5 Å². The van der Waals surface area contributed by atoms with Gasteiger partial charge >= 0.3 is 0 Å². The highest BCUT2D eigenvalue weighted by Crippen LogP contribution is 2.40. The van der Waals surface area contributed by atoms with E-state index in [1.807, 2.05) is 36.4 Å². The average molecular weight is 439 g/mol. The molecule has 0 bridgehead atoms. The number of fused-ring (bicyclic) bond motifs is 3. The molecule has 0 saturated carbocycles. The lowest BCUT2D eigenvalue weighted by Crippen LogP contribution is -2.00. The number of pyridine rings is 1. The Balaban J connectivity index is 2.28. The van der Waals surface area contributed by atoms with Gasteiger partial charge in [0.05, 0.1) is 11.2 Å². The summed E-state index contributed by atoms with van der Waals surface area (Å²) >= 11 is 2.32. The van der Waals surface area contributed by atoms with Crippen LogP contribution in [0.1, 0.15) is 12.5 Å². The number of aryl methyl sites for hydroxylation is 1. The Morgan fingerprint density at radius 3 is 2.40 bits per heavy atom. The van der Waals surface area contributed by atoms with E-state index < -0.39 is 0 Å². The maximum Gasteiger partial charge on any atom is 0.0808 e. The molecular weight excluding hydrogens is 421 g/mol. The Bertz CT molecular complexity index is 1100. The van der Waals surface area contributed by atoms with Crippen LogP contribution in [0.15, 0.2) is 54.6 Å². The molecule has 0 aliphatic rings. The highest BCUT2D eigenvalue weighted by Gasteiger charge is 2.17. The van der Waals surface area contributed by atoms with Gasteiger partial charge < -0.3 is 11.5 Å². The lowest BCUT2D eigenvalue weighted by atomic mass is 9.96. The number of rotatable bonds is 2. The molecular formula is C21H18IN3.